The third-order valence-corrected chi connectivity index (χ3v) is 5.88. The summed E-state index contributed by atoms with van der Waals surface area (Å²) in [6.45, 7) is 0.110. The zero-order valence-electron chi connectivity index (χ0n) is 18.7. The number of ether oxygens (including phenoxy) is 1. The van der Waals surface area contributed by atoms with E-state index in [1.165, 1.54) is 18.3 Å². The average molecular weight is 487 g/mol. The normalized spacial score (nSPS) is 15.1. The molecule has 1 atom stereocenters. The molecule has 8 nitrogen and oxygen atoms in total. The van der Waals surface area contributed by atoms with Crippen LogP contribution in [0.1, 0.15) is 59.9 Å². The molecule has 0 spiro atoms. The lowest BCUT2D eigenvalue weighted by Crippen LogP contribution is -2.29. The molecule has 0 radical (unpaired) electrons. The van der Waals surface area contributed by atoms with E-state index in [-0.39, 0.29) is 23.9 Å². The van der Waals surface area contributed by atoms with Gasteiger partial charge < -0.3 is 10.1 Å². The number of alkyl halides is 3. The fraction of sp³-hybridized carbons (Fsp3) is 0.375. The summed E-state index contributed by atoms with van der Waals surface area (Å²) >= 11 is 0. The number of nitrogens with one attached hydrogen (secondary N) is 1. The van der Waals surface area contributed by atoms with E-state index in [4.69, 9.17) is 4.74 Å². The van der Waals surface area contributed by atoms with Crippen LogP contribution >= 0.6 is 0 Å². The molecule has 1 fully saturated rings. The molecule has 1 aromatic carbocycles. The molecule has 1 unspecified atom stereocenters. The molecular formula is C24H24F3N5O3. The molecule has 1 aliphatic rings. The maximum absolute atomic E-state index is 13.0. The van der Waals surface area contributed by atoms with Crippen molar-refractivity contribution in [3.05, 3.63) is 71.9 Å². The Kier molecular flexibility index (Phi) is 7.42. The van der Waals surface area contributed by atoms with Gasteiger partial charge in [0, 0.05) is 6.20 Å². The van der Waals surface area contributed by atoms with Crippen LogP contribution in [0.2, 0.25) is 0 Å². The largest absolute Gasteiger partial charge is 0.457 e. The number of anilines is 1. The van der Waals surface area contributed by atoms with Crippen molar-refractivity contribution in [2.75, 3.05) is 5.32 Å². The summed E-state index contributed by atoms with van der Waals surface area (Å²) in [6, 6.07) is 11.1. The molecule has 4 rings (SSSR count). The van der Waals surface area contributed by atoms with Crippen LogP contribution in [0.5, 0.6) is 0 Å². The number of rotatable bonds is 8. The number of hydrogen-bond acceptors (Lipinski definition) is 6. The van der Waals surface area contributed by atoms with Crippen LogP contribution in [0.3, 0.4) is 0 Å². The Labute approximate surface area is 199 Å². The van der Waals surface area contributed by atoms with Crippen molar-refractivity contribution >= 4 is 17.7 Å². The second kappa shape index (κ2) is 10.7. The first kappa shape index (κ1) is 24.4. The van der Waals surface area contributed by atoms with Gasteiger partial charge in [-0.15, -0.1) is 5.10 Å². The fourth-order valence-electron chi connectivity index (χ4n) is 4.06. The van der Waals surface area contributed by atoms with Gasteiger partial charge in [-0.3, -0.25) is 4.79 Å². The highest BCUT2D eigenvalue weighted by molar-refractivity contribution is 5.93. The Morgan fingerprint density at radius 3 is 2.46 bits per heavy atom. The number of halogens is 3. The highest BCUT2D eigenvalue weighted by Gasteiger charge is 2.37. The van der Waals surface area contributed by atoms with Crippen LogP contribution in [0.4, 0.5) is 19.0 Å². The van der Waals surface area contributed by atoms with E-state index < -0.39 is 29.9 Å². The summed E-state index contributed by atoms with van der Waals surface area (Å²) in [7, 11) is 0. The molecule has 3 aromatic rings. The Bertz CT molecular complexity index is 1140. The first-order valence-electron chi connectivity index (χ1n) is 11.3. The van der Waals surface area contributed by atoms with Gasteiger partial charge in [0.2, 0.25) is 5.91 Å². The smallest absolute Gasteiger partial charge is 0.453 e. The molecule has 0 bridgehead atoms. The molecule has 0 saturated heterocycles. The highest BCUT2D eigenvalue weighted by Crippen LogP contribution is 2.33. The second-order valence-electron chi connectivity index (χ2n) is 8.43. The third-order valence-electron chi connectivity index (χ3n) is 5.88. The van der Waals surface area contributed by atoms with Gasteiger partial charge in [-0.05, 0) is 30.0 Å². The highest BCUT2D eigenvalue weighted by atomic mass is 19.4. The Hall–Kier alpha value is -3.76. The van der Waals surface area contributed by atoms with E-state index in [0.717, 1.165) is 42.3 Å². The molecule has 35 heavy (non-hydrogen) atoms. The van der Waals surface area contributed by atoms with E-state index in [1.54, 1.807) is 0 Å². The predicted molar refractivity (Wildman–Crippen MR) is 119 cm³/mol. The Morgan fingerprint density at radius 1 is 1.09 bits per heavy atom. The van der Waals surface area contributed by atoms with Gasteiger partial charge in [-0.2, -0.15) is 13.2 Å². The number of nitrogens with zero attached hydrogens (tertiary/aromatic N) is 4. The summed E-state index contributed by atoms with van der Waals surface area (Å²) in [6.07, 6.45) is 1.70. The van der Waals surface area contributed by atoms with Crippen LogP contribution in [0, 0.1) is 5.92 Å². The first-order chi connectivity index (χ1) is 16.8. The minimum atomic E-state index is -4.70. The zero-order chi connectivity index (χ0) is 24.8. The van der Waals surface area contributed by atoms with E-state index in [0.29, 0.717) is 6.42 Å². The van der Waals surface area contributed by atoms with Crippen molar-refractivity contribution in [2.24, 2.45) is 5.92 Å². The fourth-order valence-corrected chi connectivity index (χ4v) is 4.06. The minimum absolute atomic E-state index is 0.110. The van der Waals surface area contributed by atoms with Crippen molar-refractivity contribution in [1.82, 2.24) is 19.7 Å². The molecule has 2 heterocycles. The van der Waals surface area contributed by atoms with Crippen LogP contribution in [0.15, 0.2) is 55.0 Å². The third kappa shape index (κ3) is 6.43. The molecular weight excluding hydrogens is 463 g/mol. The maximum atomic E-state index is 13.0. The number of amides is 1. The van der Waals surface area contributed by atoms with E-state index in [1.807, 2.05) is 30.3 Å². The first-order valence-corrected chi connectivity index (χ1v) is 11.3. The lowest BCUT2D eigenvalue weighted by Gasteiger charge is -2.20. The van der Waals surface area contributed by atoms with Crippen molar-refractivity contribution in [2.45, 2.75) is 50.9 Å². The van der Waals surface area contributed by atoms with E-state index in [9.17, 15) is 22.8 Å². The molecule has 11 heteroatoms. The van der Waals surface area contributed by atoms with Crippen LogP contribution in [-0.4, -0.2) is 31.6 Å². The van der Waals surface area contributed by atoms with Crippen LogP contribution in [-0.2, 0) is 22.3 Å². The van der Waals surface area contributed by atoms with Gasteiger partial charge in [-0.1, -0.05) is 56.0 Å². The van der Waals surface area contributed by atoms with Crippen molar-refractivity contribution in [3.8, 4) is 0 Å². The van der Waals surface area contributed by atoms with E-state index in [2.05, 4.69) is 20.4 Å². The van der Waals surface area contributed by atoms with Crippen molar-refractivity contribution in [1.29, 1.82) is 0 Å². The Morgan fingerprint density at radius 2 is 1.83 bits per heavy atom. The molecule has 184 valence electrons. The topological polar surface area (TPSA) is 99.0 Å². The molecule has 2 aromatic heterocycles. The SMILES string of the molecule is O=C(OCc1ccccc1)c1ccc(NC(=O)C(CC2CCCC2)n2cnc(C(F)(F)F)n2)nc1. The molecule has 0 aliphatic heterocycles. The van der Waals surface area contributed by atoms with Gasteiger partial charge in [0.25, 0.3) is 5.82 Å². The van der Waals surface area contributed by atoms with E-state index >= 15 is 0 Å². The second-order valence-corrected chi connectivity index (χ2v) is 8.43. The number of pyridine rings is 1. The number of carbonyl (C=O) groups is 2. The zero-order valence-corrected chi connectivity index (χ0v) is 18.7. The number of aromatic nitrogens is 4. The minimum Gasteiger partial charge on any atom is -0.457 e. The lowest BCUT2D eigenvalue weighted by atomic mass is 9.98. The van der Waals surface area contributed by atoms with Crippen LogP contribution < -0.4 is 5.32 Å². The number of benzene rings is 1. The summed E-state index contributed by atoms with van der Waals surface area (Å²) < 4.78 is 45.2. The van der Waals surface area contributed by atoms with Crippen molar-refractivity contribution < 1.29 is 27.5 Å². The van der Waals surface area contributed by atoms with Gasteiger partial charge >= 0.3 is 12.1 Å². The summed E-state index contributed by atoms with van der Waals surface area (Å²) in [5.74, 6) is -2.05. The molecule has 1 N–H and O–H groups in total. The monoisotopic (exact) mass is 487 g/mol. The molecule has 1 amide bonds. The Balaban J connectivity index is 1.42. The summed E-state index contributed by atoms with van der Waals surface area (Å²) in [5.41, 5.74) is 1.04. The van der Waals surface area contributed by atoms with Gasteiger partial charge in [0.15, 0.2) is 0 Å². The lowest BCUT2D eigenvalue weighted by molar-refractivity contribution is -0.145. The quantitative estimate of drug-likeness (QED) is 0.458. The van der Waals surface area contributed by atoms with Gasteiger partial charge in [0.1, 0.15) is 24.8 Å². The molecule has 1 saturated carbocycles. The predicted octanol–water partition coefficient (Wildman–Crippen LogP) is 4.81. The maximum Gasteiger partial charge on any atom is 0.453 e. The summed E-state index contributed by atoms with van der Waals surface area (Å²) in [5, 5.41) is 6.12. The van der Waals surface area contributed by atoms with Gasteiger partial charge in [-0.25, -0.2) is 19.4 Å². The average Bonchev–Trinajstić information content (AvgIpc) is 3.54. The van der Waals surface area contributed by atoms with Crippen molar-refractivity contribution in [3.63, 3.8) is 0 Å². The van der Waals surface area contributed by atoms with Crippen LogP contribution in [0.25, 0.3) is 0 Å². The standard InChI is InChI=1S/C24H24F3N5O3/c25-24(26,27)23-29-15-32(31-23)19(12-16-6-4-5-7-16)21(33)30-20-11-10-18(13-28-20)22(34)35-14-17-8-2-1-3-9-17/h1-3,8-11,13,15-16,19H,4-7,12,14H2,(H,28,30,33). The number of carbonyl (C=O) groups excluding carboxylic acids is 2. The number of esters is 1. The number of hydrogen-bond donors (Lipinski definition) is 1. The summed E-state index contributed by atoms with van der Waals surface area (Å²) in [4.78, 5) is 32.7. The van der Waals surface area contributed by atoms with Gasteiger partial charge in [0.05, 0.1) is 5.56 Å². The molecule has 1 aliphatic carbocycles.